The minimum absolute atomic E-state index is 0.0476. The van der Waals surface area contributed by atoms with Gasteiger partial charge in [0.2, 0.25) is 0 Å². The van der Waals surface area contributed by atoms with Crippen molar-refractivity contribution in [1.29, 1.82) is 0 Å². The van der Waals surface area contributed by atoms with Gasteiger partial charge in [0.15, 0.2) is 0 Å². The number of carbonyl (C=O) groups excluding carboxylic acids is 1. The standard InChI is InChI=1S/C14H23N3O2S/c1-5-10-6-17(7-12(10)16(2)3)14(18)11-9-20-13(15-11)8-19-4/h9-10,12H,5-8H2,1-4H3/t10-,12-/m1/s1. The fourth-order valence-electron chi connectivity index (χ4n) is 2.77. The fraction of sp³-hybridized carbons (Fsp3) is 0.714. The molecule has 6 heteroatoms. The quantitative estimate of drug-likeness (QED) is 0.830. The number of likely N-dealkylation sites (N-methyl/N-ethyl adjacent to an activating group) is 1. The largest absolute Gasteiger partial charge is 0.378 e. The summed E-state index contributed by atoms with van der Waals surface area (Å²) in [5.41, 5.74) is 0.552. The second-order valence-corrected chi connectivity index (χ2v) is 6.41. The summed E-state index contributed by atoms with van der Waals surface area (Å²) < 4.78 is 5.05. The predicted octanol–water partition coefficient (Wildman–Crippen LogP) is 1.70. The topological polar surface area (TPSA) is 45.7 Å². The average molecular weight is 297 g/mol. The highest BCUT2D eigenvalue weighted by Gasteiger charge is 2.36. The van der Waals surface area contributed by atoms with E-state index < -0.39 is 0 Å². The Morgan fingerprint density at radius 2 is 2.30 bits per heavy atom. The second kappa shape index (κ2) is 6.65. The van der Waals surface area contributed by atoms with Gasteiger partial charge in [0, 0.05) is 31.6 Å². The normalized spacial score (nSPS) is 22.8. The molecule has 0 bridgehead atoms. The van der Waals surface area contributed by atoms with E-state index in [-0.39, 0.29) is 5.91 Å². The summed E-state index contributed by atoms with van der Waals surface area (Å²) in [6.07, 6.45) is 1.10. The summed E-state index contributed by atoms with van der Waals surface area (Å²) in [7, 11) is 5.80. The van der Waals surface area contributed by atoms with Gasteiger partial charge in [0.1, 0.15) is 10.7 Å². The number of likely N-dealkylation sites (tertiary alicyclic amines) is 1. The molecule has 1 amide bonds. The van der Waals surface area contributed by atoms with Crippen molar-refractivity contribution < 1.29 is 9.53 Å². The number of methoxy groups -OCH3 is 1. The molecule has 20 heavy (non-hydrogen) atoms. The Kier molecular flexibility index (Phi) is 5.12. The number of rotatable bonds is 5. The number of ether oxygens (including phenoxy) is 1. The van der Waals surface area contributed by atoms with Gasteiger partial charge in [0.05, 0.1) is 6.61 Å². The van der Waals surface area contributed by atoms with E-state index in [1.54, 1.807) is 7.11 Å². The summed E-state index contributed by atoms with van der Waals surface area (Å²) >= 11 is 1.48. The zero-order valence-corrected chi connectivity index (χ0v) is 13.4. The zero-order chi connectivity index (χ0) is 14.7. The first-order chi connectivity index (χ1) is 9.56. The van der Waals surface area contributed by atoms with Crippen molar-refractivity contribution >= 4 is 17.2 Å². The number of hydrogen-bond donors (Lipinski definition) is 0. The van der Waals surface area contributed by atoms with Crippen molar-refractivity contribution in [3.05, 3.63) is 16.1 Å². The molecule has 1 saturated heterocycles. The summed E-state index contributed by atoms with van der Waals surface area (Å²) in [6, 6.07) is 0.445. The van der Waals surface area contributed by atoms with Gasteiger partial charge in [-0.15, -0.1) is 11.3 Å². The highest BCUT2D eigenvalue weighted by Crippen LogP contribution is 2.25. The van der Waals surface area contributed by atoms with E-state index in [1.807, 2.05) is 10.3 Å². The first-order valence-corrected chi connectivity index (χ1v) is 7.83. The molecule has 0 N–H and O–H groups in total. The monoisotopic (exact) mass is 297 g/mol. The number of aromatic nitrogens is 1. The molecule has 1 aromatic rings. The smallest absolute Gasteiger partial charge is 0.273 e. The summed E-state index contributed by atoms with van der Waals surface area (Å²) in [5, 5.41) is 2.69. The molecule has 1 fully saturated rings. The molecule has 0 radical (unpaired) electrons. The number of hydrogen-bond acceptors (Lipinski definition) is 5. The maximum atomic E-state index is 12.5. The lowest BCUT2D eigenvalue weighted by molar-refractivity contribution is 0.0775. The maximum Gasteiger partial charge on any atom is 0.273 e. The van der Waals surface area contributed by atoms with Gasteiger partial charge in [-0.25, -0.2) is 4.98 Å². The van der Waals surface area contributed by atoms with Gasteiger partial charge in [-0.2, -0.15) is 0 Å². The molecule has 0 saturated carbocycles. The minimum atomic E-state index is 0.0476. The van der Waals surface area contributed by atoms with Crippen molar-refractivity contribution in [2.75, 3.05) is 34.3 Å². The van der Waals surface area contributed by atoms with Crippen molar-refractivity contribution in [3.8, 4) is 0 Å². The van der Waals surface area contributed by atoms with E-state index in [0.29, 0.717) is 24.3 Å². The first-order valence-electron chi connectivity index (χ1n) is 6.95. The van der Waals surface area contributed by atoms with Gasteiger partial charge in [-0.05, 0) is 20.0 Å². The van der Waals surface area contributed by atoms with E-state index in [1.165, 1.54) is 11.3 Å². The molecule has 0 spiro atoms. The second-order valence-electron chi connectivity index (χ2n) is 5.47. The van der Waals surface area contributed by atoms with Crippen LogP contribution in [0.1, 0.15) is 28.8 Å². The van der Waals surface area contributed by atoms with Gasteiger partial charge in [0.25, 0.3) is 5.91 Å². The molecule has 5 nitrogen and oxygen atoms in total. The highest BCUT2D eigenvalue weighted by atomic mass is 32.1. The van der Waals surface area contributed by atoms with Gasteiger partial charge >= 0.3 is 0 Å². The van der Waals surface area contributed by atoms with Crippen molar-refractivity contribution in [2.45, 2.75) is 26.0 Å². The third kappa shape index (κ3) is 3.19. The van der Waals surface area contributed by atoms with Crippen LogP contribution in [-0.2, 0) is 11.3 Å². The van der Waals surface area contributed by atoms with Gasteiger partial charge < -0.3 is 14.5 Å². The predicted molar refractivity (Wildman–Crippen MR) is 80.0 cm³/mol. The Balaban J connectivity index is 2.05. The lowest BCUT2D eigenvalue weighted by Crippen LogP contribution is -2.36. The van der Waals surface area contributed by atoms with Crippen LogP contribution in [0.2, 0.25) is 0 Å². The van der Waals surface area contributed by atoms with Crippen LogP contribution in [-0.4, -0.2) is 61.0 Å². The van der Waals surface area contributed by atoms with Crippen LogP contribution in [0.15, 0.2) is 5.38 Å². The molecular weight excluding hydrogens is 274 g/mol. The zero-order valence-electron chi connectivity index (χ0n) is 12.6. The summed E-state index contributed by atoms with van der Waals surface area (Å²) in [5.74, 6) is 0.595. The molecule has 1 aromatic heterocycles. The molecule has 0 aromatic carbocycles. The Morgan fingerprint density at radius 3 is 2.85 bits per heavy atom. The Bertz CT molecular complexity index is 461. The van der Waals surface area contributed by atoms with Crippen LogP contribution in [0.5, 0.6) is 0 Å². The van der Waals surface area contributed by atoms with Gasteiger partial charge in [-0.1, -0.05) is 13.3 Å². The highest BCUT2D eigenvalue weighted by molar-refractivity contribution is 7.09. The first kappa shape index (κ1) is 15.4. The van der Waals surface area contributed by atoms with E-state index in [4.69, 9.17) is 4.74 Å². The van der Waals surface area contributed by atoms with Crippen LogP contribution >= 0.6 is 11.3 Å². The summed E-state index contributed by atoms with van der Waals surface area (Å²) in [6.45, 7) is 4.28. The van der Waals surface area contributed by atoms with Gasteiger partial charge in [-0.3, -0.25) is 4.79 Å². The Labute approximate surface area is 124 Å². The minimum Gasteiger partial charge on any atom is -0.378 e. The lowest BCUT2D eigenvalue weighted by atomic mass is 10.0. The van der Waals surface area contributed by atoms with E-state index >= 15 is 0 Å². The fourth-order valence-corrected chi connectivity index (χ4v) is 3.51. The molecule has 2 atom stereocenters. The molecule has 2 rings (SSSR count). The molecule has 0 aliphatic carbocycles. The maximum absolute atomic E-state index is 12.5. The molecule has 2 heterocycles. The summed E-state index contributed by atoms with van der Waals surface area (Å²) in [4.78, 5) is 21.0. The Hall–Kier alpha value is -0.980. The third-order valence-corrected chi connectivity index (χ3v) is 4.74. The molecule has 112 valence electrons. The van der Waals surface area contributed by atoms with Crippen molar-refractivity contribution in [1.82, 2.24) is 14.8 Å². The van der Waals surface area contributed by atoms with Crippen molar-refractivity contribution in [2.24, 2.45) is 5.92 Å². The number of nitrogens with zero attached hydrogens (tertiary/aromatic N) is 3. The number of amides is 1. The van der Waals surface area contributed by atoms with E-state index in [2.05, 4.69) is 30.9 Å². The van der Waals surface area contributed by atoms with Crippen LogP contribution in [0.3, 0.4) is 0 Å². The molecule has 0 unspecified atom stereocenters. The van der Waals surface area contributed by atoms with Crippen LogP contribution in [0, 0.1) is 5.92 Å². The SMILES string of the molecule is CC[C@@H]1CN(C(=O)c2csc(COC)n2)C[C@H]1N(C)C. The van der Waals surface area contributed by atoms with Crippen LogP contribution in [0.25, 0.3) is 0 Å². The molecule has 1 aliphatic rings. The lowest BCUT2D eigenvalue weighted by Gasteiger charge is -2.23. The van der Waals surface area contributed by atoms with Crippen LogP contribution in [0.4, 0.5) is 0 Å². The number of thiazole rings is 1. The Morgan fingerprint density at radius 1 is 1.55 bits per heavy atom. The van der Waals surface area contributed by atoms with Crippen molar-refractivity contribution in [3.63, 3.8) is 0 Å². The van der Waals surface area contributed by atoms with Crippen LogP contribution < -0.4 is 0 Å². The number of carbonyl (C=O) groups is 1. The average Bonchev–Trinajstić information content (AvgIpc) is 3.04. The van der Waals surface area contributed by atoms with E-state index in [9.17, 15) is 4.79 Å². The molecule has 1 aliphatic heterocycles. The molecular formula is C14H23N3O2S. The van der Waals surface area contributed by atoms with E-state index in [0.717, 1.165) is 24.5 Å². The third-order valence-electron chi connectivity index (χ3n) is 3.92.